The molecule has 0 bridgehead atoms. The van der Waals surface area contributed by atoms with Crippen molar-refractivity contribution >= 4 is 13.3 Å². The summed E-state index contributed by atoms with van der Waals surface area (Å²) in [6.45, 7) is 0.646. The smallest absolute Gasteiger partial charge is 0.139 e. The van der Waals surface area contributed by atoms with Crippen LogP contribution in [0.15, 0.2) is 18.2 Å². The fraction of sp³-hybridized carbons (Fsp3) is 0.273. The van der Waals surface area contributed by atoms with Crippen LogP contribution in [0, 0.1) is 17.7 Å². The van der Waals surface area contributed by atoms with Gasteiger partial charge in [-0.15, -0.1) is 0 Å². The van der Waals surface area contributed by atoms with Crippen LogP contribution in [-0.4, -0.2) is 33.4 Å². The van der Waals surface area contributed by atoms with Crippen molar-refractivity contribution in [1.29, 1.82) is 0 Å². The molecule has 1 aromatic rings. The maximum Gasteiger partial charge on any atom is 0.139 e. The van der Waals surface area contributed by atoms with E-state index in [0.29, 0.717) is 12.1 Å². The van der Waals surface area contributed by atoms with Gasteiger partial charge in [0.15, 0.2) is 0 Å². The van der Waals surface area contributed by atoms with E-state index >= 15 is 0 Å². The second-order valence-electron chi connectivity index (χ2n) is 3.52. The predicted octanol–water partition coefficient (Wildman–Crippen LogP) is -0.00280. The number of hydrogen-bond acceptors (Lipinski definition) is 1. The Kier molecular flexibility index (Phi) is 3.73. The average Bonchev–Trinajstić information content (AvgIpc) is 2.08. The highest BCUT2D eigenvalue weighted by Crippen LogP contribution is 2.01. The van der Waals surface area contributed by atoms with Gasteiger partial charge in [-0.1, -0.05) is 23.4 Å². The van der Waals surface area contributed by atoms with Crippen molar-refractivity contribution in [1.82, 2.24) is 4.90 Å². The molecule has 0 aliphatic carbocycles. The Balaban J connectivity index is 2.80. The van der Waals surface area contributed by atoms with Gasteiger partial charge in [0.05, 0.1) is 12.1 Å². The van der Waals surface area contributed by atoms with Crippen LogP contribution in [-0.2, 0) is 0 Å². The minimum atomic E-state index is -0.240. The molecule has 3 heteroatoms. The molecule has 0 saturated carbocycles. The van der Waals surface area contributed by atoms with Crippen LogP contribution in [0.2, 0.25) is 0 Å². The van der Waals surface area contributed by atoms with Crippen LogP contribution in [0.3, 0.4) is 0 Å². The Hall–Kier alpha value is -1.27. The summed E-state index contributed by atoms with van der Waals surface area (Å²) < 4.78 is 13.3. The minimum absolute atomic E-state index is 0.240. The maximum atomic E-state index is 13.3. The summed E-state index contributed by atoms with van der Waals surface area (Å²) >= 11 is 0. The number of nitrogens with zero attached hydrogens (tertiary/aromatic N) is 1. The van der Waals surface area contributed by atoms with Crippen LogP contribution in [0.5, 0.6) is 0 Å². The van der Waals surface area contributed by atoms with E-state index in [1.54, 1.807) is 6.07 Å². The van der Waals surface area contributed by atoms with Crippen LogP contribution in [0.4, 0.5) is 4.39 Å². The molecule has 1 aromatic carbocycles. The fourth-order valence-electron chi connectivity index (χ4n) is 1.01. The first-order valence-corrected chi connectivity index (χ1v) is 4.49. The molecule has 1 nitrogen and oxygen atoms in total. The normalized spacial score (nSPS) is 9.71. The second-order valence-corrected chi connectivity index (χ2v) is 3.52. The molecule has 0 unspecified atom stereocenters. The number of rotatable bonds is 1. The first-order valence-electron chi connectivity index (χ1n) is 4.49. The van der Waals surface area contributed by atoms with E-state index < -0.39 is 0 Å². The van der Waals surface area contributed by atoms with Crippen LogP contribution >= 0.6 is 0 Å². The molecule has 1 rings (SSSR count). The van der Waals surface area contributed by atoms with Gasteiger partial charge in [0.25, 0.3) is 0 Å². The van der Waals surface area contributed by atoms with Crippen molar-refractivity contribution in [3.63, 3.8) is 0 Å². The third-order valence-electron chi connectivity index (χ3n) is 1.74. The molecule has 0 aromatic heterocycles. The number of benzene rings is 1. The maximum absolute atomic E-state index is 13.3. The van der Waals surface area contributed by atoms with Gasteiger partial charge < -0.3 is 0 Å². The Labute approximate surface area is 85.3 Å². The Morgan fingerprint density at radius 1 is 1.43 bits per heavy atom. The quantitative estimate of drug-likeness (QED) is 0.444. The van der Waals surface area contributed by atoms with E-state index in [1.807, 2.05) is 32.9 Å². The molecule has 0 aliphatic heterocycles. The Bertz CT molecular complexity index is 377. The third-order valence-corrected chi connectivity index (χ3v) is 1.74. The topological polar surface area (TPSA) is 3.24 Å². The van der Waals surface area contributed by atoms with Crippen molar-refractivity contribution in [2.75, 3.05) is 20.6 Å². The molecule has 0 fully saturated rings. The second kappa shape index (κ2) is 4.83. The standard InChI is InChI=1S/C11H13BFN/c1-14(2)7-3-4-9-5-6-10(12)8-11(9)13/h5-6,8H,7,12H2,1-2H3. The van der Waals surface area contributed by atoms with E-state index in [1.165, 1.54) is 6.07 Å². The Morgan fingerprint density at radius 2 is 2.14 bits per heavy atom. The summed E-state index contributed by atoms with van der Waals surface area (Å²) in [4.78, 5) is 1.94. The van der Waals surface area contributed by atoms with Gasteiger partial charge in [-0.25, -0.2) is 4.39 Å². The molecule has 0 radical (unpaired) electrons. The summed E-state index contributed by atoms with van der Waals surface area (Å²) in [6, 6.07) is 5.08. The van der Waals surface area contributed by atoms with Gasteiger partial charge in [-0.05, 0) is 26.2 Å². The highest BCUT2D eigenvalue weighted by molar-refractivity contribution is 6.32. The van der Waals surface area contributed by atoms with Crippen molar-refractivity contribution in [2.24, 2.45) is 0 Å². The van der Waals surface area contributed by atoms with Crippen LogP contribution < -0.4 is 5.46 Å². The molecular weight excluding hydrogens is 176 g/mol. The molecular formula is C11H13BFN. The van der Waals surface area contributed by atoms with Crippen molar-refractivity contribution in [3.8, 4) is 11.8 Å². The van der Waals surface area contributed by atoms with Crippen LogP contribution in [0.25, 0.3) is 0 Å². The van der Waals surface area contributed by atoms with Gasteiger partial charge in [0, 0.05) is 0 Å². The summed E-state index contributed by atoms with van der Waals surface area (Å²) in [5.41, 5.74) is 1.39. The molecule has 0 atom stereocenters. The van der Waals surface area contributed by atoms with Crippen molar-refractivity contribution in [3.05, 3.63) is 29.6 Å². The lowest BCUT2D eigenvalue weighted by atomic mass is 9.95. The molecule has 0 spiro atoms. The SMILES string of the molecule is Bc1ccc(C#CCN(C)C)c(F)c1. The van der Waals surface area contributed by atoms with E-state index in [9.17, 15) is 4.39 Å². The van der Waals surface area contributed by atoms with Crippen molar-refractivity contribution in [2.45, 2.75) is 0 Å². The van der Waals surface area contributed by atoms with Crippen LogP contribution in [0.1, 0.15) is 5.56 Å². The number of hydrogen-bond donors (Lipinski definition) is 0. The monoisotopic (exact) mass is 189 g/mol. The highest BCUT2D eigenvalue weighted by atomic mass is 19.1. The predicted molar refractivity (Wildman–Crippen MR) is 60.0 cm³/mol. The zero-order valence-corrected chi connectivity index (χ0v) is 8.76. The first kappa shape index (κ1) is 10.8. The lowest BCUT2D eigenvalue weighted by molar-refractivity contribution is 0.464. The zero-order valence-electron chi connectivity index (χ0n) is 8.76. The molecule has 0 amide bonds. The number of halogens is 1. The van der Waals surface area contributed by atoms with E-state index in [4.69, 9.17) is 0 Å². The highest BCUT2D eigenvalue weighted by Gasteiger charge is 1.97. The fourth-order valence-corrected chi connectivity index (χ4v) is 1.01. The molecule has 14 heavy (non-hydrogen) atoms. The largest absolute Gasteiger partial charge is 0.299 e. The first-order chi connectivity index (χ1) is 6.59. The Morgan fingerprint density at radius 3 is 2.71 bits per heavy atom. The summed E-state index contributed by atoms with van der Waals surface area (Å²) in [5, 5.41) is 0. The van der Waals surface area contributed by atoms with Gasteiger partial charge in [0.2, 0.25) is 0 Å². The molecule has 0 saturated heterocycles. The minimum Gasteiger partial charge on any atom is -0.299 e. The summed E-state index contributed by atoms with van der Waals surface area (Å²) in [5.74, 6) is 5.46. The lowest BCUT2D eigenvalue weighted by Gasteiger charge is -2.01. The van der Waals surface area contributed by atoms with Gasteiger partial charge in [-0.2, -0.15) is 0 Å². The zero-order chi connectivity index (χ0) is 10.6. The third kappa shape index (κ3) is 3.23. The lowest BCUT2D eigenvalue weighted by Crippen LogP contribution is -2.11. The van der Waals surface area contributed by atoms with Gasteiger partial charge in [0.1, 0.15) is 13.7 Å². The molecule has 0 aliphatic rings. The average molecular weight is 189 g/mol. The molecule has 0 N–H and O–H groups in total. The van der Waals surface area contributed by atoms with E-state index in [2.05, 4.69) is 11.8 Å². The van der Waals surface area contributed by atoms with Crippen molar-refractivity contribution < 1.29 is 4.39 Å². The van der Waals surface area contributed by atoms with Gasteiger partial charge in [-0.3, -0.25) is 4.90 Å². The van der Waals surface area contributed by atoms with E-state index in [0.717, 1.165) is 5.46 Å². The summed E-state index contributed by atoms with van der Waals surface area (Å²) in [7, 11) is 5.72. The molecule has 0 heterocycles. The van der Waals surface area contributed by atoms with Gasteiger partial charge >= 0.3 is 0 Å². The van der Waals surface area contributed by atoms with E-state index in [-0.39, 0.29) is 5.82 Å². The molecule has 72 valence electrons. The summed E-state index contributed by atoms with van der Waals surface area (Å²) in [6.07, 6.45) is 0.